The van der Waals surface area contributed by atoms with Gasteiger partial charge in [0.05, 0.1) is 10.3 Å². The second-order valence-electron chi connectivity index (χ2n) is 4.27. The molecule has 0 aromatic carbocycles. The molecule has 0 radical (unpaired) electrons. The van der Waals surface area contributed by atoms with Gasteiger partial charge in [-0.3, -0.25) is 0 Å². The summed E-state index contributed by atoms with van der Waals surface area (Å²) in [5.74, 6) is 0. The fourth-order valence-electron chi connectivity index (χ4n) is 1.77. The van der Waals surface area contributed by atoms with Crippen molar-refractivity contribution < 1.29 is 0 Å². The zero-order chi connectivity index (χ0) is 12.3. The molecule has 0 aliphatic heterocycles. The maximum Gasteiger partial charge on any atom is 0.0702 e. The molecule has 2 nitrogen and oxygen atoms in total. The molecule has 1 unspecified atom stereocenters. The molecule has 0 fully saturated rings. The van der Waals surface area contributed by atoms with Gasteiger partial charge in [0.1, 0.15) is 0 Å². The van der Waals surface area contributed by atoms with Gasteiger partial charge in [0.15, 0.2) is 0 Å². The van der Waals surface area contributed by atoms with E-state index in [1.807, 2.05) is 0 Å². The lowest BCUT2D eigenvalue weighted by atomic mass is 10.1. The SMILES string of the molecule is CCC(N)Cc1ccn(Cc2ccc(Br)s2)c1. The van der Waals surface area contributed by atoms with Crippen LogP contribution in [0.5, 0.6) is 0 Å². The Morgan fingerprint density at radius 2 is 2.24 bits per heavy atom. The quantitative estimate of drug-likeness (QED) is 0.897. The average molecular weight is 313 g/mol. The highest BCUT2D eigenvalue weighted by Gasteiger charge is 2.04. The van der Waals surface area contributed by atoms with E-state index < -0.39 is 0 Å². The summed E-state index contributed by atoms with van der Waals surface area (Å²) in [5.41, 5.74) is 7.29. The van der Waals surface area contributed by atoms with E-state index in [0.717, 1.165) is 19.4 Å². The predicted octanol–water partition coefficient (Wildman–Crippen LogP) is 3.64. The molecule has 0 aliphatic carbocycles. The van der Waals surface area contributed by atoms with Crippen LogP contribution < -0.4 is 5.73 Å². The largest absolute Gasteiger partial charge is 0.349 e. The molecule has 2 aromatic heterocycles. The van der Waals surface area contributed by atoms with Crippen LogP contribution in [-0.4, -0.2) is 10.6 Å². The predicted molar refractivity (Wildman–Crippen MR) is 77.5 cm³/mol. The molecule has 0 amide bonds. The summed E-state index contributed by atoms with van der Waals surface area (Å²) in [6.07, 6.45) is 6.33. The van der Waals surface area contributed by atoms with Crippen molar-refractivity contribution in [2.75, 3.05) is 0 Å². The van der Waals surface area contributed by atoms with Gasteiger partial charge in [0.2, 0.25) is 0 Å². The normalized spacial score (nSPS) is 12.9. The maximum absolute atomic E-state index is 5.96. The van der Waals surface area contributed by atoms with Crippen LogP contribution in [-0.2, 0) is 13.0 Å². The Kier molecular flexibility index (Phi) is 4.42. The van der Waals surface area contributed by atoms with E-state index in [9.17, 15) is 0 Å². The number of hydrogen-bond acceptors (Lipinski definition) is 2. The summed E-state index contributed by atoms with van der Waals surface area (Å²) in [4.78, 5) is 1.36. The van der Waals surface area contributed by atoms with Gasteiger partial charge in [-0.05, 0) is 52.5 Å². The third-order valence-corrected chi connectivity index (χ3v) is 4.41. The Bertz CT molecular complexity index is 475. The Morgan fingerprint density at radius 3 is 2.88 bits per heavy atom. The maximum atomic E-state index is 5.96. The molecule has 0 aliphatic rings. The van der Waals surface area contributed by atoms with E-state index >= 15 is 0 Å². The molecular formula is C13H17BrN2S. The highest BCUT2D eigenvalue weighted by molar-refractivity contribution is 9.11. The van der Waals surface area contributed by atoms with Crippen LogP contribution in [0.3, 0.4) is 0 Å². The van der Waals surface area contributed by atoms with Crippen LogP contribution >= 0.6 is 27.3 Å². The summed E-state index contributed by atoms with van der Waals surface area (Å²) < 4.78 is 3.41. The van der Waals surface area contributed by atoms with Gasteiger partial charge in [0, 0.05) is 23.3 Å². The minimum atomic E-state index is 0.279. The Labute approximate surface area is 115 Å². The molecule has 2 aromatic rings. The molecule has 0 bridgehead atoms. The Balaban J connectivity index is 1.98. The molecule has 4 heteroatoms. The fourth-order valence-corrected chi connectivity index (χ4v) is 3.27. The number of halogens is 1. The highest BCUT2D eigenvalue weighted by atomic mass is 79.9. The zero-order valence-corrected chi connectivity index (χ0v) is 12.3. The van der Waals surface area contributed by atoms with Crippen molar-refractivity contribution >= 4 is 27.3 Å². The number of hydrogen-bond donors (Lipinski definition) is 1. The molecule has 92 valence electrons. The first kappa shape index (κ1) is 12.9. The second-order valence-corrected chi connectivity index (χ2v) is 6.82. The van der Waals surface area contributed by atoms with Gasteiger partial charge in [-0.25, -0.2) is 0 Å². The highest BCUT2D eigenvalue weighted by Crippen LogP contribution is 2.23. The third kappa shape index (κ3) is 3.69. The second kappa shape index (κ2) is 5.85. The van der Waals surface area contributed by atoms with Crippen LogP contribution in [0.2, 0.25) is 0 Å². The van der Waals surface area contributed by atoms with Gasteiger partial charge in [-0.15, -0.1) is 11.3 Å². The molecule has 0 saturated heterocycles. The lowest BCUT2D eigenvalue weighted by Gasteiger charge is -2.06. The molecule has 0 spiro atoms. The number of nitrogens with two attached hydrogens (primary N) is 1. The van der Waals surface area contributed by atoms with Crippen molar-refractivity contribution in [1.29, 1.82) is 0 Å². The van der Waals surface area contributed by atoms with E-state index in [1.165, 1.54) is 14.2 Å². The summed E-state index contributed by atoms with van der Waals surface area (Å²) in [7, 11) is 0. The van der Waals surface area contributed by atoms with Crippen LogP contribution in [0.25, 0.3) is 0 Å². The number of nitrogens with zero attached hydrogens (tertiary/aromatic N) is 1. The Morgan fingerprint density at radius 1 is 1.41 bits per heavy atom. The van der Waals surface area contributed by atoms with Crippen LogP contribution in [0.15, 0.2) is 34.4 Å². The first-order chi connectivity index (χ1) is 8.17. The lowest BCUT2D eigenvalue weighted by Crippen LogP contribution is -2.21. The van der Waals surface area contributed by atoms with Gasteiger partial charge in [0.25, 0.3) is 0 Å². The molecule has 2 heterocycles. The van der Waals surface area contributed by atoms with Crippen molar-refractivity contribution in [3.63, 3.8) is 0 Å². The molecule has 2 rings (SSSR count). The third-order valence-electron chi connectivity index (χ3n) is 2.80. The lowest BCUT2D eigenvalue weighted by molar-refractivity contribution is 0.645. The van der Waals surface area contributed by atoms with E-state index in [-0.39, 0.29) is 6.04 Å². The van der Waals surface area contributed by atoms with E-state index in [4.69, 9.17) is 5.73 Å². The van der Waals surface area contributed by atoms with Crippen molar-refractivity contribution in [2.45, 2.75) is 32.4 Å². The minimum Gasteiger partial charge on any atom is -0.349 e. The van der Waals surface area contributed by atoms with Gasteiger partial charge in [-0.2, -0.15) is 0 Å². The van der Waals surface area contributed by atoms with Crippen molar-refractivity contribution in [3.8, 4) is 0 Å². The van der Waals surface area contributed by atoms with Crippen molar-refractivity contribution in [1.82, 2.24) is 4.57 Å². The molecule has 1 atom stereocenters. The van der Waals surface area contributed by atoms with Crippen LogP contribution in [0, 0.1) is 0 Å². The van der Waals surface area contributed by atoms with E-state index in [1.54, 1.807) is 11.3 Å². The monoisotopic (exact) mass is 312 g/mol. The fraction of sp³-hybridized carbons (Fsp3) is 0.385. The Hall–Kier alpha value is -0.580. The van der Waals surface area contributed by atoms with Crippen LogP contribution in [0.1, 0.15) is 23.8 Å². The average Bonchev–Trinajstić information content (AvgIpc) is 2.89. The van der Waals surface area contributed by atoms with Gasteiger partial charge < -0.3 is 10.3 Å². The van der Waals surface area contributed by atoms with Crippen LogP contribution in [0.4, 0.5) is 0 Å². The standard InChI is InChI=1S/C13H17BrN2S/c1-2-11(15)7-10-5-6-16(8-10)9-12-3-4-13(14)17-12/h3-6,8,11H,2,7,9,15H2,1H3. The summed E-state index contributed by atoms with van der Waals surface area (Å²) in [5, 5.41) is 0. The molecule has 17 heavy (non-hydrogen) atoms. The molecular weight excluding hydrogens is 296 g/mol. The van der Waals surface area contributed by atoms with Gasteiger partial charge in [-0.1, -0.05) is 6.92 Å². The smallest absolute Gasteiger partial charge is 0.0702 e. The summed E-state index contributed by atoms with van der Waals surface area (Å²) in [6.45, 7) is 3.07. The first-order valence-corrected chi connectivity index (χ1v) is 7.42. The van der Waals surface area contributed by atoms with E-state index in [2.05, 4.69) is 58.0 Å². The summed E-state index contributed by atoms with van der Waals surface area (Å²) >= 11 is 5.27. The molecule has 2 N–H and O–H groups in total. The number of aromatic nitrogens is 1. The number of rotatable bonds is 5. The minimum absolute atomic E-state index is 0.279. The van der Waals surface area contributed by atoms with Crippen molar-refractivity contribution in [2.24, 2.45) is 5.73 Å². The zero-order valence-electron chi connectivity index (χ0n) is 9.90. The summed E-state index contributed by atoms with van der Waals surface area (Å²) in [6, 6.07) is 6.70. The molecule has 0 saturated carbocycles. The van der Waals surface area contributed by atoms with E-state index in [0.29, 0.717) is 0 Å². The first-order valence-electron chi connectivity index (χ1n) is 5.82. The van der Waals surface area contributed by atoms with Crippen molar-refractivity contribution in [3.05, 3.63) is 44.8 Å². The van der Waals surface area contributed by atoms with Gasteiger partial charge >= 0.3 is 0 Å². The number of thiophene rings is 1. The topological polar surface area (TPSA) is 30.9 Å².